The van der Waals surface area contributed by atoms with Crippen molar-refractivity contribution < 1.29 is 19.1 Å². The van der Waals surface area contributed by atoms with E-state index in [1.54, 1.807) is 4.90 Å². The van der Waals surface area contributed by atoms with Gasteiger partial charge in [0.25, 0.3) is 5.91 Å². The number of carboxylic acid groups (broad SMARTS) is 1. The number of fused-ring (bicyclic) bond motifs is 1. The highest BCUT2D eigenvalue weighted by Crippen LogP contribution is 2.30. The normalized spacial score (nSPS) is 14.4. The van der Waals surface area contributed by atoms with Crippen molar-refractivity contribution in [3.8, 4) is 0 Å². The topological polar surface area (TPSA) is 70.8 Å². The van der Waals surface area contributed by atoms with Gasteiger partial charge in [-0.15, -0.1) is 0 Å². The first-order valence-corrected chi connectivity index (χ1v) is 6.66. The fourth-order valence-electron chi connectivity index (χ4n) is 2.35. The molecular formula is C15H15NO4. The van der Waals surface area contributed by atoms with Gasteiger partial charge in [0.1, 0.15) is 11.8 Å². The molecule has 1 N–H and O–H groups in total. The molecule has 0 saturated heterocycles. The summed E-state index contributed by atoms with van der Waals surface area (Å²) in [5.74, 6) is -1.03. The summed E-state index contributed by atoms with van der Waals surface area (Å²) in [5, 5.41) is 9.57. The van der Waals surface area contributed by atoms with Gasteiger partial charge in [-0.05, 0) is 18.9 Å². The van der Waals surface area contributed by atoms with E-state index in [2.05, 4.69) is 0 Å². The Hall–Kier alpha value is -2.30. The molecule has 20 heavy (non-hydrogen) atoms. The number of furan rings is 1. The Labute approximate surface area is 115 Å². The van der Waals surface area contributed by atoms with Gasteiger partial charge in [-0.25, -0.2) is 0 Å². The third-order valence-corrected chi connectivity index (χ3v) is 3.53. The van der Waals surface area contributed by atoms with E-state index in [0.717, 1.165) is 18.2 Å². The van der Waals surface area contributed by atoms with E-state index in [-0.39, 0.29) is 24.9 Å². The average molecular weight is 273 g/mol. The maximum atomic E-state index is 12.6. The van der Waals surface area contributed by atoms with Gasteiger partial charge < -0.3 is 14.4 Å². The molecule has 1 aliphatic rings. The second kappa shape index (κ2) is 5.00. The van der Waals surface area contributed by atoms with Gasteiger partial charge in [0.2, 0.25) is 0 Å². The number of para-hydroxylation sites is 1. The van der Waals surface area contributed by atoms with E-state index in [1.165, 1.54) is 6.26 Å². The molecule has 1 saturated carbocycles. The monoisotopic (exact) mass is 273 g/mol. The predicted octanol–water partition coefficient (Wildman–Crippen LogP) is 2.51. The number of hydrogen-bond acceptors (Lipinski definition) is 3. The Morgan fingerprint density at radius 2 is 2.05 bits per heavy atom. The van der Waals surface area contributed by atoms with Crippen molar-refractivity contribution in [2.75, 3.05) is 6.54 Å². The standard InChI is InChI=1S/C15H15NO4/c17-14(18)7-8-16(10-5-6-10)15(19)12-9-20-13-4-2-1-3-11(12)13/h1-4,9-10H,5-8H2,(H,17,18). The summed E-state index contributed by atoms with van der Waals surface area (Å²) in [5.41, 5.74) is 1.18. The highest BCUT2D eigenvalue weighted by Gasteiger charge is 2.34. The maximum Gasteiger partial charge on any atom is 0.305 e. The van der Waals surface area contributed by atoms with Crippen molar-refractivity contribution in [3.63, 3.8) is 0 Å². The highest BCUT2D eigenvalue weighted by atomic mass is 16.4. The van der Waals surface area contributed by atoms with Crippen LogP contribution in [0.3, 0.4) is 0 Å². The second-order valence-corrected chi connectivity index (χ2v) is 5.02. The van der Waals surface area contributed by atoms with E-state index >= 15 is 0 Å². The molecule has 0 spiro atoms. The number of carboxylic acids is 1. The number of aliphatic carboxylic acids is 1. The van der Waals surface area contributed by atoms with Crippen molar-refractivity contribution in [2.45, 2.75) is 25.3 Å². The summed E-state index contributed by atoms with van der Waals surface area (Å²) < 4.78 is 5.38. The molecule has 1 amide bonds. The Morgan fingerprint density at radius 3 is 2.75 bits per heavy atom. The molecule has 1 aromatic carbocycles. The average Bonchev–Trinajstić information content (AvgIpc) is 3.17. The van der Waals surface area contributed by atoms with Crippen LogP contribution >= 0.6 is 0 Å². The van der Waals surface area contributed by atoms with Crippen molar-refractivity contribution in [3.05, 3.63) is 36.1 Å². The smallest absolute Gasteiger partial charge is 0.305 e. The molecule has 3 rings (SSSR count). The van der Waals surface area contributed by atoms with Crippen LogP contribution in [0.15, 0.2) is 34.9 Å². The van der Waals surface area contributed by atoms with Gasteiger partial charge in [0.05, 0.1) is 12.0 Å². The molecular weight excluding hydrogens is 258 g/mol. The van der Waals surface area contributed by atoms with Crippen LogP contribution < -0.4 is 0 Å². The van der Waals surface area contributed by atoms with Crippen molar-refractivity contribution >= 4 is 22.8 Å². The molecule has 1 fully saturated rings. The van der Waals surface area contributed by atoms with Gasteiger partial charge in [-0.1, -0.05) is 18.2 Å². The van der Waals surface area contributed by atoms with Gasteiger partial charge in [0, 0.05) is 18.0 Å². The molecule has 1 aliphatic carbocycles. The number of hydrogen-bond donors (Lipinski definition) is 1. The SMILES string of the molecule is O=C(O)CCN(C(=O)c1coc2ccccc12)C1CC1. The van der Waals surface area contributed by atoms with E-state index in [9.17, 15) is 9.59 Å². The lowest BCUT2D eigenvalue weighted by Crippen LogP contribution is -2.34. The van der Waals surface area contributed by atoms with Gasteiger partial charge in [-0.2, -0.15) is 0 Å². The number of nitrogens with zero attached hydrogens (tertiary/aromatic N) is 1. The van der Waals surface area contributed by atoms with E-state index in [4.69, 9.17) is 9.52 Å². The van der Waals surface area contributed by atoms with Crippen LogP contribution in [0.2, 0.25) is 0 Å². The molecule has 1 heterocycles. The van der Waals surface area contributed by atoms with Gasteiger partial charge in [0.15, 0.2) is 0 Å². The van der Waals surface area contributed by atoms with Crippen LogP contribution in [0.1, 0.15) is 29.6 Å². The number of benzene rings is 1. The molecule has 0 atom stereocenters. The largest absolute Gasteiger partial charge is 0.481 e. The Bertz CT molecular complexity index is 657. The second-order valence-electron chi connectivity index (χ2n) is 5.02. The molecule has 1 aromatic heterocycles. The summed E-state index contributed by atoms with van der Waals surface area (Å²) in [4.78, 5) is 25.0. The first-order valence-electron chi connectivity index (χ1n) is 6.66. The van der Waals surface area contributed by atoms with Crippen molar-refractivity contribution in [1.29, 1.82) is 0 Å². The number of amides is 1. The highest BCUT2D eigenvalue weighted by molar-refractivity contribution is 6.06. The molecule has 0 bridgehead atoms. The molecule has 2 aromatic rings. The Balaban J connectivity index is 1.87. The van der Waals surface area contributed by atoms with E-state index in [0.29, 0.717) is 11.1 Å². The first-order chi connectivity index (χ1) is 9.66. The molecule has 0 aliphatic heterocycles. The predicted molar refractivity (Wildman–Crippen MR) is 72.5 cm³/mol. The Kier molecular flexibility index (Phi) is 3.18. The minimum atomic E-state index is -0.888. The molecule has 0 radical (unpaired) electrons. The molecule has 104 valence electrons. The zero-order chi connectivity index (χ0) is 14.1. The first kappa shape index (κ1) is 12.7. The van der Waals surface area contributed by atoms with Crippen molar-refractivity contribution in [1.82, 2.24) is 4.90 Å². The minimum Gasteiger partial charge on any atom is -0.481 e. The zero-order valence-corrected chi connectivity index (χ0v) is 10.9. The van der Waals surface area contributed by atoms with Crippen LogP contribution in [-0.4, -0.2) is 34.5 Å². The lowest BCUT2D eigenvalue weighted by atomic mass is 10.1. The lowest BCUT2D eigenvalue weighted by molar-refractivity contribution is -0.137. The number of carbonyl (C=O) groups excluding carboxylic acids is 1. The van der Waals surface area contributed by atoms with Crippen LogP contribution in [0.5, 0.6) is 0 Å². The summed E-state index contributed by atoms with van der Waals surface area (Å²) in [6.45, 7) is 0.248. The van der Waals surface area contributed by atoms with Gasteiger partial charge in [-0.3, -0.25) is 9.59 Å². The summed E-state index contributed by atoms with van der Waals surface area (Å²) in [6, 6.07) is 7.53. The van der Waals surface area contributed by atoms with Crippen LogP contribution in [0, 0.1) is 0 Å². The number of rotatable bonds is 5. The number of carbonyl (C=O) groups is 2. The van der Waals surface area contributed by atoms with Crippen LogP contribution in [0.4, 0.5) is 0 Å². The third kappa shape index (κ3) is 2.39. The molecule has 5 nitrogen and oxygen atoms in total. The summed E-state index contributed by atoms with van der Waals surface area (Å²) in [6.07, 6.45) is 3.32. The minimum absolute atomic E-state index is 0.0297. The summed E-state index contributed by atoms with van der Waals surface area (Å²) >= 11 is 0. The Morgan fingerprint density at radius 1 is 1.30 bits per heavy atom. The third-order valence-electron chi connectivity index (χ3n) is 3.53. The van der Waals surface area contributed by atoms with Crippen molar-refractivity contribution in [2.24, 2.45) is 0 Å². The lowest BCUT2D eigenvalue weighted by Gasteiger charge is -2.21. The fraction of sp³-hybridized carbons (Fsp3) is 0.333. The van der Waals surface area contributed by atoms with E-state index in [1.807, 2.05) is 24.3 Å². The quantitative estimate of drug-likeness (QED) is 0.908. The van der Waals surface area contributed by atoms with Crippen LogP contribution in [-0.2, 0) is 4.79 Å². The summed E-state index contributed by atoms with van der Waals surface area (Å²) in [7, 11) is 0. The van der Waals surface area contributed by atoms with Crippen LogP contribution in [0.25, 0.3) is 11.0 Å². The fourth-order valence-corrected chi connectivity index (χ4v) is 2.35. The van der Waals surface area contributed by atoms with Gasteiger partial charge >= 0.3 is 5.97 Å². The molecule has 0 unspecified atom stereocenters. The zero-order valence-electron chi connectivity index (χ0n) is 10.9. The van der Waals surface area contributed by atoms with E-state index < -0.39 is 5.97 Å². The molecule has 5 heteroatoms. The maximum absolute atomic E-state index is 12.6.